The van der Waals surface area contributed by atoms with Crippen LogP contribution in [0.3, 0.4) is 0 Å². The average Bonchev–Trinajstić information content (AvgIpc) is 2.91. The van der Waals surface area contributed by atoms with Gasteiger partial charge in [0.05, 0.1) is 6.20 Å². The molecule has 0 aliphatic rings. The summed E-state index contributed by atoms with van der Waals surface area (Å²) in [5, 5.41) is 7.57. The van der Waals surface area contributed by atoms with Crippen molar-refractivity contribution >= 4 is 28.8 Å². The summed E-state index contributed by atoms with van der Waals surface area (Å²) < 4.78 is 1.56. The quantitative estimate of drug-likeness (QED) is 0.808. The molecule has 0 bridgehead atoms. The number of carbonyl (C=O) groups excluding carboxylic acids is 1. The highest BCUT2D eigenvalue weighted by molar-refractivity contribution is 6.31. The van der Waals surface area contributed by atoms with Gasteiger partial charge in [0.15, 0.2) is 5.65 Å². The van der Waals surface area contributed by atoms with Crippen molar-refractivity contribution in [2.45, 2.75) is 13.3 Å². The molecule has 0 aliphatic carbocycles. The molecule has 1 N–H and O–H groups in total. The van der Waals surface area contributed by atoms with E-state index in [1.54, 1.807) is 29.0 Å². The minimum Gasteiger partial charge on any atom is -0.322 e. The van der Waals surface area contributed by atoms with E-state index in [0.717, 1.165) is 12.0 Å². The molecule has 1 amide bonds. The molecule has 3 aromatic rings. The van der Waals surface area contributed by atoms with Crippen LogP contribution in [0.4, 0.5) is 5.69 Å². The summed E-state index contributed by atoms with van der Waals surface area (Å²) >= 11 is 6.00. The highest BCUT2D eigenvalue weighted by Gasteiger charge is 2.15. The summed E-state index contributed by atoms with van der Waals surface area (Å²) in [7, 11) is 0. The van der Waals surface area contributed by atoms with Crippen LogP contribution in [-0.4, -0.2) is 20.5 Å². The molecule has 3 rings (SSSR count). The van der Waals surface area contributed by atoms with Gasteiger partial charge in [0.25, 0.3) is 5.91 Å². The number of carbonyl (C=O) groups is 1. The number of hydrogen-bond donors (Lipinski definition) is 1. The van der Waals surface area contributed by atoms with Crippen molar-refractivity contribution in [2.24, 2.45) is 0 Å². The average molecular weight is 301 g/mol. The van der Waals surface area contributed by atoms with Crippen LogP contribution in [0.25, 0.3) is 5.65 Å². The van der Waals surface area contributed by atoms with Crippen molar-refractivity contribution in [2.75, 3.05) is 5.32 Å². The molecule has 0 atom stereocenters. The number of aromatic nitrogens is 3. The number of nitrogens with zero attached hydrogens (tertiary/aromatic N) is 3. The Bertz CT molecular complexity index is 812. The van der Waals surface area contributed by atoms with Crippen LogP contribution in [0.2, 0.25) is 5.02 Å². The van der Waals surface area contributed by atoms with Crippen molar-refractivity contribution in [1.29, 1.82) is 0 Å². The monoisotopic (exact) mass is 300 g/mol. The van der Waals surface area contributed by atoms with E-state index < -0.39 is 0 Å². The zero-order valence-corrected chi connectivity index (χ0v) is 12.1. The van der Waals surface area contributed by atoms with Gasteiger partial charge in [-0.1, -0.05) is 24.6 Å². The molecular formula is C15H13ClN4O. The Morgan fingerprint density at radius 1 is 1.43 bits per heavy atom. The van der Waals surface area contributed by atoms with E-state index in [1.807, 2.05) is 19.1 Å². The zero-order chi connectivity index (χ0) is 14.8. The van der Waals surface area contributed by atoms with Gasteiger partial charge in [-0.15, -0.1) is 0 Å². The molecule has 0 saturated carbocycles. The summed E-state index contributed by atoms with van der Waals surface area (Å²) in [5.74, 6) is -0.249. The predicted octanol–water partition coefficient (Wildman–Crippen LogP) is 3.20. The third kappa shape index (κ3) is 2.60. The number of anilines is 1. The van der Waals surface area contributed by atoms with Gasteiger partial charge in [-0.05, 0) is 30.2 Å². The maximum atomic E-state index is 12.4. The second kappa shape index (κ2) is 5.54. The summed E-state index contributed by atoms with van der Waals surface area (Å²) in [4.78, 5) is 16.6. The smallest absolute Gasteiger partial charge is 0.261 e. The van der Waals surface area contributed by atoms with Gasteiger partial charge in [0.2, 0.25) is 0 Å². The molecule has 21 heavy (non-hydrogen) atoms. The van der Waals surface area contributed by atoms with Crippen molar-refractivity contribution in [3.05, 3.63) is 59.0 Å². The van der Waals surface area contributed by atoms with E-state index in [0.29, 0.717) is 21.9 Å². The number of halogens is 1. The number of aryl methyl sites for hydroxylation is 1. The molecule has 0 fully saturated rings. The van der Waals surface area contributed by atoms with Gasteiger partial charge in [0, 0.05) is 23.1 Å². The molecule has 0 saturated heterocycles. The maximum absolute atomic E-state index is 12.4. The Morgan fingerprint density at radius 3 is 3.10 bits per heavy atom. The first-order chi connectivity index (χ1) is 10.2. The second-order valence-electron chi connectivity index (χ2n) is 4.56. The second-order valence-corrected chi connectivity index (χ2v) is 4.99. The summed E-state index contributed by atoms with van der Waals surface area (Å²) in [6, 6.07) is 7.23. The standard InChI is InChI=1S/C15H13ClN4O/c1-2-10-4-5-11(16)8-13(10)19-15(21)12-9-18-20-7-3-6-17-14(12)20/h3-9H,2H2,1H3,(H,19,21). The van der Waals surface area contributed by atoms with E-state index >= 15 is 0 Å². The first-order valence-corrected chi connectivity index (χ1v) is 6.95. The third-order valence-corrected chi connectivity index (χ3v) is 3.46. The van der Waals surface area contributed by atoms with Crippen LogP contribution in [0, 0.1) is 0 Å². The third-order valence-electron chi connectivity index (χ3n) is 3.22. The Kier molecular flexibility index (Phi) is 3.58. The molecular weight excluding hydrogens is 288 g/mol. The van der Waals surface area contributed by atoms with Crippen molar-refractivity contribution in [3.8, 4) is 0 Å². The molecule has 0 spiro atoms. The lowest BCUT2D eigenvalue weighted by molar-refractivity contribution is 0.102. The van der Waals surface area contributed by atoms with Gasteiger partial charge >= 0.3 is 0 Å². The predicted molar refractivity (Wildman–Crippen MR) is 81.8 cm³/mol. The van der Waals surface area contributed by atoms with E-state index in [-0.39, 0.29) is 5.91 Å². The van der Waals surface area contributed by atoms with Crippen LogP contribution in [0.15, 0.2) is 42.9 Å². The molecule has 6 heteroatoms. The van der Waals surface area contributed by atoms with Gasteiger partial charge < -0.3 is 5.32 Å². The molecule has 2 heterocycles. The number of hydrogen-bond acceptors (Lipinski definition) is 3. The fraction of sp³-hybridized carbons (Fsp3) is 0.133. The van der Waals surface area contributed by atoms with Crippen molar-refractivity contribution in [3.63, 3.8) is 0 Å². The normalized spacial score (nSPS) is 10.8. The number of benzene rings is 1. The number of amides is 1. The first-order valence-electron chi connectivity index (χ1n) is 6.57. The minimum atomic E-state index is -0.249. The molecule has 106 valence electrons. The summed E-state index contributed by atoms with van der Waals surface area (Å²) in [6.45, 7) is 2.02. The highest BCUT2D eigenvalue weighted by atomic mass is 35.5. The lowest BCUT2D eigenvalue weighted by atomic mass is 10.1. The van der Waals surface area contributed by atoms with Gasteiger partial charge in [0.1, 0.15) is 5.56 Å². The van der Waals surface area contributed by atoms with Crippen molar-refractivity contribution < 1.29 is 4.79 Å². The molecule has 2 aromatic heterocycles. The van der Waals surface area contributed by atoms with Crippen LogP contribution in [0.5, 0.6) is 0 Å². The Balaban J connectivity index is 1.95. The largest absolute Gasteiger partial charge is 0.322 e. The fourth-order valence-corrected chi connectivity index (χ4v) is 2.32. The first kappa shape index (κ1) is 13.6. The molecule has 1 aromatic carbocycles. The van der Waals surface area contributed by atoms with E-state index in [9.17, 15) is 4.79 Å². The van der Waals surface area contributed by atoms with Gasteiger partial charge in [-0.3, -0.25) is 4.79 Å². The number of rotatable bonds is 3. The Labute approximate surface area is 126 Å². The van der Waals surface area contributed by atoms with Crippen LogP contribution >= 0.6 is 11.6 Å². The van der Waals surface area contributed by atoms with Gasteiger partial charge in [-0.2, -0.15) is 5.10 Å². The van der Waals surface area contributed by atoms with Gasteiger partial charge in [-0.25, -0.2) is 9.50 Å². The SMILES string of the molecule is CCc1ccc(Cl)cc1NC(=O)c1cnn2cccnc12. The Hall–Kier alpha value is -2.40. The molecule has 0 aliphatic heterocycles. The number of fused-ring (bicyclic) bond motifs is 1. The summed E-state index contributed by atoms with van der Waals surface area (Å²) in [6.07, 6.45) is 5.69. The number of nitrogens with one attached hydrogen (secondary N) is 1. The summed E-state index contributed by atoms with van der Waals surface area (Å²) in [5.41, 5.74) is 2.69. The lowest BCUT2D eigenvalue weighted by Gasteiger charge is -2.09. The van der Waals surface area contributed by atoms with Crippen LogP contribution < -0.4 is 5.32 Å². The van der Waals surface area contributed by atoms with E-state index in [2.05, 4.69) is 15.4 Å². The van der Waals surface area contributed by atoms with E-state index in [1.165, 1.54) is 6.20 Å². The molecule has 0 unspecified atom stereocenters. The minimum absolute atomic E-state index is 0.249. The van der Waals surface area contributed by atoms with Crippen LogP contribution in [0.1, 0.15) is 22.8 Å². The Morgan fingerprint density at radius 2 is 2.29 bits per heavy atom. The van der Waals surface area contributed by atoms with Crippen LogP contribution in [-0.2, 0) is 6.42 Å². The van der Waals surface area contributed by atoms with E-state index in [4.69, 9.17) is 11.6 Å². The lowest BCUT2D eigenvalue weighted by Crippen LogP contribution is -2.13. The zero-order valence-electron chi connectivity index (χ0n) is 11.4. The molecule has 5 nitrogen and oxygen atoms in total. The topological polar surface area (TPSA) is 59.3 Å². The highest BCUT2D eigenvalue weighted by Crippen LogP contribution is 2.22. The van der Waals surface area contributed by atoms with Crippen molar-refractivity contribution in [1.82, 2.24) is 14.6 Å². The fourth-order valence-electron chi connectivity index (χ4n) is 2.15. The maximum Gasteiger partial charge on any atom is 0.261 e. The molecule has 0 radical (unpaired) electrons.